The van der Waals surface area contributed by atoms with Gasteiger partial charge >= 0.3 is 0 Å². The number of aromatic hydroxyl groups is 2. The summed E-state index contributed by atoms with van der Waals surface area (Å²) in [7, 11) is 0. The minimum Gasteiger partial charge on any atom is -0.508 e. The number of aromatic nitrogens is 1. The van der Waals surface area contributed by atoms with Crippen LogP contribution >= 0.6 is 22.9 Å². The molecule has 3 rings (SSSR count). The van der Waals surface area contributed by atoms with Crippen molar-refractivity contribution in [3.05, 3.63) is 58.4 Å². The molecule has 0 radical (unpaired) electrons. The number of benzene rings is 2. The summed E-state index contributed by atoms with van der Waals surface area (Å²) >= 11 is 7.12. The molecule has 23 heavy (non-hydrogen) atoms. The van der Waals surface area contributed by atoms with Gasteiger partial charge in [0, 0.05) is 22.0 Å². The number of hydrogen-bond donors (Lipinski definition) is 3. The van der Waals surface area contributed by atoms with Gasteiger partial charge in [0.25, 0.3) is 5.91 Å². The van der Waals surface area contributed by atoms with Crippen molar-refractivity contribution in [1.29, 1.82) is 0 Å². The first-order valence-corrected chi connectivity index (χ1v) is 7.83. The average molecular weight is 347 g/mol. The van der Waals surface area contributed by atoms with E-state index in [0.717, 1.165) is 17.3 Å². The summed E-state index contributed by atoms with van der Waals surface area (Å²) < 4.78 is 0. The number of carbonyl (C=O) groups excluding carboxylic acids is 1. The maximum absolute atomic E-state index is 12.1. The molecular formula is C16H11ClN2O3S. The van der Waals surface area contributed by atoms with Gasteiger partial charge in [-0.2, -0.15) is 0 Å². The number of anilines is 1. The molecule has 0 saturated carbocycles. The standard InChI is InChI=1S/C16H11ClN2O3S/c17-10-3-1-9(2-4-10)13-8-23-16(18-13)19-15(22)12-6-5-11(20)7-14(12)21/h1-8,20-21H,(H,18,19,22). The van der Waals surface area contributed by atoms with E-state index in [1.54, 1.807) is 12.1 Å². The average Bonchev–Trinajstić information content (AvgIpc) is 2.96. The number of phenols is 2. The lowest BCUT2D eigenvalue weighted by Gasteiger charge is -2.04. The van der Waals surface area contributed by atoms with Crippen LogP contribution in [0.5, 0.6) is 11.5 Å². The molecule has 1 heterocycles. The number of rotatable bonds is 3. The number of thiazole rings is 1. The highest BCUT2D eigenvalue weighted by atomic mass is 35.5. The summed E-state index contributed by atoms with van der Waals surface area (Å²) in [5, 5.41) is 24.4. The molecule has 2 aromatic carbocycles. The van der Waals surface area contributed by atoms with Gasteiger partial charge in [-0.15, -0.1) is 11.3 Å². The van der Waals surface area contributed by atoms with Gasteiger partial charge < -0.3 is 10.2 Å². The van der Waals surface area contributed by atoms with Crippen LogP contribution in [0.15, 0.2) is 47.8 Å². The van der Waals surface area contributed by atoms with Crippen molar-refractivity contribution < 1.29 is 15.0 Å². The van der Waals surface area contributed by atoms with Gasteiger partial charge in [-0.05, 0) is 24.3 Å². The summed E-state index contributed by atoms with van der Waals surface area (Å²) in [5.41, 5.74) is 1.67. The number of phenolic OH excluding ortho intramolecular Hbond substituents is 2. The molecular weight excluding hydrogens is 336 g/mol. The third-order valence-electron chi connectivity index (χ3n) is 3.09. The molecule has 1 aromatic heterocycles. The second-order valence-corrected chi connectivity index (χ2v) is 5.99. The number of hydrogen-bond acceptors (Lipinski definition) is 5. The predicted molar refractivity (Wildman–Crippen MR) is 90.3 cm³/mol. The van der Waals surface area contributed by atoms with Gasteiger partial charge in [0.1, 0.15) is 11.5 Å². The van der Waals surface area contributed by atoms with Gasteiger partial charge in [-0.25, -0.2) is 4.98 Å². The first kappa shape index (κ1) is 15.3. The van der Waals surface area contributed by atoms with E-state index >= 15 is 0 Å². The molecule has 0 spiro atoms. The smallest absolute Gasteiger partial charge is 0.261 e. The van der Waals surface area contributed by atoms with E-state index in [9.17, 15) is 15.0 Å². The molecule has 0 atom stereocenters. The minimum absolute atomic E-state index is 0.0612. The topological polar surface area (TPSA) is 82.5 Å². The Hall–Kier alpha value is -2.57. The molecule has 1 amide bonds. The number of nitrogens with zero attached hydrogens (tertiary/aromatic N) is 1. The Balaban J connectivity index is 1.78. The van der Waals surface area contributed by atoms with Crippen molar-refractivity contribution in [2.75, 3.05) is 5.32 Å². The van der Waals surface area contributed by atoms with Crippen LogP contribution in [0.1, 0.15) is 10.4 Å². The largest absolute Gasteiger partial charge is 0.508 e. The highest BCUT2D eigenvalue weighted by Gasteiger charge is 2.14. The quantitative estimate of drug-likeness (QED) is 0.666. The van der Waals surface area contributed by atoms with Crippen molar-refractivity contribution in [2.24, 2.45) is 0 Å². The van der Waals surface area contributed by atoms with E-state index in [1.165, 1.54) is 23.5 Å². The first-order valence-electron chi connectivity index (χ1n) is 6.58. The maximum Gasteiger partial charge on any atom is 0.261 e. The normalized spacial score (nSPS) is 10.5. The Labute approximate surface area is 140 Å². The molecule has 0 saturated heterocycles. The first-order chi connectivity index (χ1) is 11.0. The van der Waals surface area contributed by atoms with E-state index in [-0.39, 0.29) is 17.1 Å². The fourth-order valence-corrected chi connectivity index (χ4v) is 2.80. The van der Waals surface area contributed by atoms with Gasteiger partial charge in [0.15, 0.2) is 5.13 Å². The summed E-state index contributed by atoms with van der Waals surface area (Å²) in [6.45, 7) is 0. The molecule has 0 aliphatic heterocycles. The third kappa shape index (κ3) is 3.44. The van der Waals surface area contributed by atoms with Crippen molar-refractivity contribution in [1.82, 2.24) is 4.98 Å². The molecule has 3 N–H and O–H groups in total. The van der Waals surface area contributed by atoms with Gasteiger partial charge in [-0.1, -0.05) is 23.7 Å². The van der Waals surface area contributed by atoms with Crippen molar-refractivity contribution in [3.8, 4) is 22.8 Å². The molecule has 0 fully saturated rings. The van der Waals surface area contributed by atoms with Crippen LogP contribution < -0.4 is 5.32 Å². The van der Waals surface area contributed by atoms with E-state index in [0.29, 0.717) is 10.2 Å². The summed E-state index contributed by atoms with van der Waals surface area (Å²) in [4.78, 5) is 16.5. The summed E-state index contributed by atoms with van der Waals surface area (Å²) in [5.74, 6) is -0.908. The van der Waals surface area contributed by atoms with Crippen LogP contribution in [0.2, 0.25) is 5.02 Å². The highest BCUT2D eigenvalue weighted by molar-refractivity contribution is 7.14. The van der Waals surface area contributed by atoms with Crippen molar-refractivity contribution >= 4 is 34.0 Å². The van der Waals surface area contributed by atoms with E-state index in [4.69, 9.17) is 11.6 Å². The molecule has 0 unspecified atom stereocenters. The second-order valence-electron chi connectivity index (χ2n) is 4.70. The zero-order chi connectivity index (χ0) is 16.4. The van der Waals surface area contributed by atoms with E-state index < -0.39 is 5.91 Å². The number of carbonyl (C=O) groups is 1. The van der Waals surface area contributed by atoms with Crippen LogP contribution in [0.3, 0.4) is 0 Å². The van der Waals surface area contributed by atoms with E-state index in [2.05, 4.69) is 10.3 Å². The lowest BCUT2D eigenvalue weighted by molar-refractivity contribution is 0.102. The molecule has 3 aromatic rings. The highest BCUT2D eigenvalue weighted by Crippen LogP contribution is 2.28. The van der Waals surface area contributed by atoms with Crippen LogP contribution in [-0.4, -0.2) is 21.1 Å². The Morgan fingerprint density at radius 2 is 1.87 bits per heavy atom. The van der Waals surface area contributed by atoms with Gasteiger partial charge in [0.2, 0.25) is 0 Å². The predicted octanol–water partition coefficient (Wildman–Crippen LogP) is 4.13. The zero-order valence-corrected chi connectivity index (χ0v) is 13.2. The van der Waals surface area contributed by atoms with E-state index in [1.807, 2.05) is 17.5 Å². The van der Waals surface area contributed by atoms with Gasteiger partial charge in [-0.3, -0.25) is 10.1 Å². The molecule has 0 bridgehead atoms. The summed E-state index contributed by atoms with van der Waals surface area (Å²) in [6.07, 6.45) is 0. The van der Waals surface area contributed by atoms with Crippen LogP contribution in [-0.2, 0) is 0 Å². The Morgan fingerprint density at radius 3 is 2.57 bits per heavy atom. The van der Waals surface area contributed by atoms with Crippen LogP contribution in [0.4, 0.5) is 5.13 Å². The minimum atomic E-state index is -0.500. The van der Waals surface area contributed by atoms with Crippen LogP contribution in [0, 0.1) is 0 Å². The summed E-state index contributed by atoms with van der Waals surface area (Å²) in [6, 6.07) is 11.0. The molecule has 0 aliphatic rings. The van der Waals surface area contributed by atoms with Crippen LogP contribution in [0.25, 0.3) is 11.3 Å². The fraction of sp³-hybridized carbons (Fsp3) is 0. The lowest BCUT2D eigenvalue weighted by Crippen LogP contribution is -2.11. The zero-order valence-electron chi connectivity index (χ0n) is 11.7. The SMILES string of the molecule is O=C(Nc1nc(-c2ccc(Cl)cc2)cs1)c1ccc(O)cc1O. The van der Waals surface area contributed by atoms with Crippen molar-refractivity contribution in [2.45, 2.75) is 0 Å². The number of amides is 1. The third-order valence-corrected chi connectivity index (χ3v) is 4.10. The van der Waals surface area contributed by atoms with Gasteiger partial charge in [0.05, 0.1) is 11.3 Å². The number of nitrogens with one attached hydrogen (secondary N) is 1. The monoisotopic (exact) mass is 346 g/mol. The maximum atomic E-state index is 12.1. The fourth-order valence-electron chi connectivity index (χ4n) is 1.96. The molecule has 116 valence electrons. The molecule has 5 nitrogen and oxygen atoms in total. The van der Waals surface area contributed by atoms with Crippen molar-refractivity contribution in [3.63, 3.8) is 0 Å². The number of halogens is 1. The Kier molecular flexibility index (Phi) is 4.18. The Morgan fingerprint density at radius 1 is 1.13 bits per heavy atom. The molecule has 7 heteroatoms. The molecule has 0 aliphatic carbocycles. The Bertz CT molecular complexity index is 862. The lowest BCUT2D eigenvalue weighted by atomic mass is 10.2. The second kappa shape index (κ2) is 6.28.